The smallest absolute Gasteiger partial charge is 0.407 e. The van der Waals surface area contributed by atoms with E-state index in [2.05, 4.69) is 26.7 Å². The molecule has 0 unspecified atom stereocenters. The van der Waals surface area contributed by atoms with Gasteiger partial charge in [0.15, 0.2) is 0 Å². The molecule has 5 aromatic rings. The molecule has 17 heteroatoms. The largest absolute Gasteiger partial charge is 0.453 e. The number of amides is 4. The summed E-state index contributed by atoms with van der Waals surface area (Å²) in [6.07, 6.45) is 5.70. The molecule has 6 atom stereocenters. The van der Waals surface area contributed by atoms with Crippen molar-refractivity contribution in [3.63, 3.8) is 0 Å². The Labute approximate surface area is 379 Å². The van der Waals surface area contributed by atoms with Gasteiger partial charge in [-0.25, -0.2) is 19.6 Å². The highest BCUT2D eigenvalue weighted by Gasteiger charge is 2.56. The summed E-state index contributed by atoms with van der Waals surface area (Å²) < 4.78 is 42.9. The zero-order valence-corrected chi connectivity index (χ0v) is 37.1. The minimum atomic E-state index is -3.30. The van der Waals surface area contributed by atoms with Gasteiger partial charge in [-0.2, -0.15) is 14.0 Å². The molecule has 4 fully saturated rings. The number of piperidine rings is 1. The van der Waals surface area contributed by atoms with Gasteiger partial charge in [-0.3, -0.25) is 9.59 Å². The Hall–Kier alpha value is -6.83. The van der Waals surface area contributed by atoms with Crippen molar-refractivity contribution >= 4 is 35.0 Å². The lowest BCUT2D eigenvalue weighted by molar-refractivity contribution is -0.138. The van der Waals surface area contributed by atoms with Crippen molar-refractivity contribution in [2.75, 3.05) is 20.8 Å². The highest BCUT2D eigenvalue weighted by Crippen LogP contribution is 2.59. The van der Waals surface area contributed by atoms with Crippen LogP contribution in [0.3, 0.4) is 0 Å². The van der Waals surface area contributed by atoms with Crippen LogP contribution in [0.1, 0.15) is 100 Å². The summed E-state index contributed by atoms with van der Waals surface area (Å²) in [5.74, 6) is -2.64. The monoisotopic (exact) mass is 899 g/mol. The van der Waals surface area contributed by atoms with Crippen LogP contribution in [0, 0.1) is 28.6 Å². The second kappa shape index (κ2) is 16.2. The summed E-state index contributed by atoms with van der Waals surface area (Å²) in [5, 5.41) is 14.6. The van der Waals surface area contributed by atoms with Crippen molar-refractivity contribution < 1.29 is 37.4 Å². The van der Waals surface area contributed by atoms with Gasteiger partial charge in [-0.15, -0.1) is 0 Å². The van der Waals surface area contributed by atoms with E-state index in [9.17, 15) is 24.4 Å². The number of aromatic amines is 2. The Morgan fingerprint density at radius 1 is 0.894 bits per heavy atom. The van der Waals surface area contributed by atoms with Crippen LogP contribution in [-0.2, 0) is 25.0 Å². The van der Waals surface area contributed by atoms with Crippen LogP contribution in [0.2, 0.25) is 0 Å². The molecular formula is C49H51F2N9O6. The summed E-state index contributed by atoms with van der Waals surface area (Å²) >= 11 is 0. The molecular weight excluding hydrogens is 849 g/mol. The molecule has 2 saturated carbocycles. The average molecular weight is 900 g/mol. The van der Waals surface area contributed by atoms with Crippen molar-refractivity contribution in [3.05, 3.63) is 83.6 Å². The number of alkyl halides is 2. The number of nitrogens with zero attached hydrogens (tertiary/aromatic N) is 5. The summed E-state index contributed by atoms with van der Waals surface area (Å²) in [7, 11) is 2.49. The number of benzene rings is 3. The van der Waals surface area contributed by atoms with Crippen molar-refractivity contribution in [3.8, 4) is 39.6 Å². The highest BCUT2D eigenvalue weighted by molar-refractivity contribution is 5.89. The zero-order chi connectivity index (χ0) is 46.2. The first-order chi connectivity index (χ1) is 31.7. The van der Waals surface area contributed by atoms with E-state index < -0.39 is 30.2 Å². The van der Waals surface area contributed by atoms with Gasteiger partial charge in [0.05, 0.1) is 55.3 Å². The number of imidazole rings is 2. The highest BCUT2D eigenvalue weighted by atomic mass is 19.3. The second-order valence-electron chi connectivity index (χ2n) is 19.0. The van der Waals surface area contributed by atoms with E-state index in [4.69, 9.17) is 19.4 Å². The second-order valence-corrected chi connectivity index (χ2v) is 19.0. The van der Waals surface area contributed by atoms with E-state index in [0.717, 1.165) is 32.1 Å². The average Bonchev–Trinajstić information content (AvgIpc) is 3.98. The molecule has 4 amide bonds. The number of likely N-dealkylation sites (tertiary alicyclic amines) is 2. The van der Waals surface area contributed by atoms with E-state index in [-0.39, 0.29) is 71.2 Å². The zero-order valence-electron chi connectivity index (χ0n) is 37.1. The van der Waals surface area contributed by atoms with Gasteiger partial charge >= 0.3 is 12.2 Å². The number of H-pyrrole nitrogens is 2. The van der Waals surface area contributed by atoms with Gasteiger partial charge in [-0.05, 0) is 109 Å². The number of hydrogen-bond donors (Lipinski definition) is 4. The third-order valence-electron chi connectivity index (χ3n) is 14.6. The number of fused-ring (bicyclic) bond motifs is 6. The Bertz CT molecular complexity index is 2830. The molecule has 66 heavy (non-hydrogen) atoms. The lowest BCUT2D eigenvalue weighted by Crippen LogP contribution is -2.51. The van der Waals surface area contributed by atoms with Crippen LogP contribution in [0.15, 0.2) is 60.8 Å². The predicted molar refractivity (Wildman–Crippen MR) is 237 cm³/mol. The molecule has 5 aliphatic rings. The molecule has 342 valence electrons. The first-order valence-corrected chi connectivity index (χ1v) is 22.6. The Morgan fingerprint density at radius 2 is 1.58 bits per heavy atom. The quantitative estimate of drug-likeness (QED) is 0.101. The van der Waals surface area contributed by atoms with Gasteiger partial charge in [0.2, 0.25) is 11.8 Å². The summed E-state index contributed by atoms with van der Waals surface area (Å²) in [6.45, 7) is 4.28. The Balaban J connectivity index is 0.892. The van der Waals surface area contributed by atoms with Gasteiger partial charge < -0.3 is 39.9 Å². The fourth-order valence-electron chi connectivity index (χ4n) is 11.0. The van der Waals surface area contributed by atoms with Crippen LogP contribution in [0.25, 0.3) is 44.5 Å². The van der Waals surface area contributed by atoms with Crippen LogP contribution >= 0.6 is 0 Å². The molecule has 4 N–H and O–H groups in total. The molecule has 2 aliphatic heterocycles. The molecule has 3 aromatic carbocycles. The first-order valence-electron chi connectivity index (χ1n) is 22.6. The fourth-order valence-corrected chi connectivity index (χ4v) is 11.0. The number of carbonyl (C=O) groups excluding carboxylic acids is 4. The third kappa shape index (κ3) is 7.30. The van der Waals surface area contributed by atoms with Crippen LogP contribution in [-0.4, -0.2) is 92.6 Å². The number of halogens is 2. The number of ether oxygens (including phenoxy) is 2. The maximum Gasteiger partial charge on any atom is 0.407 e. The number of carbonyl (C=O) groups is 4. The SMILES string of the molecule is COC(=O)N[C@@H](CCC#N)C(=O)N1[C@@H]2CC[C@H](C2)[C@H]1c1nc2ccc(-c3ccc4c(c3)C(F)(F)c3cc(-c5cnc([C@@H]6CC7(CC7)CN6C(=O)[C@H](NC(=O)OC)C(C)C)[nH]5)ccc3-4)cc2[nH]1. The van der Waals surface area contributed by atoms with Crippen molar-refractivity contribution in [1.82, 2.24) is 40.4 Å². The third-order valence-corrected chi connectivity index (χ3v) is 14.6. The lowest BCUT2D eigenvalue weighted by atomic mass is 9.97. The first kappa shape index (κ1) is 43.1. The normalized spacial score (nSPS) is 22.5. The number of hydrogen-bond acceptors (Lipinski definition) is 9. The number of methoxy groups -OCH3 is 2. The van der Waals surface area contributed by atoms with E-state index in [0.29, 0.717) is 69.2 Å². The summed E-state index contributed by atoms with van der Waals surface area (Å²) in [6, 6.07) is 15.4. The molecule has 1 spiro atoms. The minimum Gasteiger partial charge on any atom is -0.453 e. The van der Waals surface area contributed by atoms with Crippen LogP contribution in [0.4, 0.5) is 18.4 Å². The molecule has 2 aromatic heterocycles. The molecule has 2 saturated heterocycles. The van der Waals surface area contributed by atoms with Gasteiger partial charge in [0.25, 0.3) is 5.92 Å². The predicted octanol–water partition coefficient (Wildman–Crippen LogP) is 8.26. The number of rotatable bonds is 11. The van der Waals surface area contributed by atoms with Crippen molar-refractivity contribution in [1.29, 1.82) is 5.26 Å². The van der Waals surface area contributed by atoms with Crippen LogP contribution < -0.4 is 10.6 Å². The number of alkyl carbamates (subject to hydrolysis) is 2. The molecule has 15 nitrogen and oxygen atoms in total. The number of nitriles is 1. The maximum atomic E-state index is 16.7. The van der Waals surface area contributed by atoms with Crippen molar-refractivity contribution in [2.24, 2.45) is 17.3 Å². The minimum absolute atomic E-state index is 0.00300. The molecule has 2 bridgehead atoms. The van der Waals surface area contributed by atoms with E-state index in [1.54, 1.807) is 35.4 Å². The summed E-state index contributed by atoms with van der Waals surface area (Å²) in [4.78, 5) is 72.3. The summed E-state index contributed by atoms with van der Waals surface area (Å²) in [5.41, 5.74) is 4.47. The molecule has 10 rings (SSSR count). The van der Waals surface area contributed by atoms with Crippen molar-refractivity contribution in [2.45, 2.75) is 101 Å². The van der Waals surface area contributed by atoms with Gasteiger partial charge in [0, 0.05) is 35.7 Å². The number of aromatic nitrogens is 4. The van der Waals surface area contributed by atoms with Gasteiger partial charge in [-0.1, -0.05) is 44.2 Å². The van der Waals surface area contributed by atoms with E-state index in [1.165, 1.54) is 20.3 Å². The molecule has 4 heterocycles. The standard InChI is InChI=1S/C49H51F2N9O6/c1-25(2)40(58-47(64)66-4)45(62)59-24-48(15-16-48)22-39(59)42-53-23-38(56-42)28-9-13-32-31-12-8-26(19-33(31)49(50,51)34(32)20-28)27-10-14-35-37(21-27)55-43(54-35)41-29-7-11-30(18-29)60(41)44(61)36(6-5-17-52)57-46(63)65-3/h8-10,12-14,19-21,23,25,29-30,36,39-41H,5-7,11,15-16,18,22,24H2,1-4H3,(H,53,56)(H,54,55)(H,57,63)(H,58,64)/t29-,30-,36+,39+,40-,41+/m1/s1. The molecule has 3 aliphatic carbocycles. The number of nitrogens with one attached hydrogen (secondary N) is 4. The Kier molecular flexibility index (Phi) is 10.6. The molecule has 0 radical (unpaired) electrons. The Morgan fingerprint density at radius 3 is 2.27 bits per heavy atom. The maximum absolute atomic E-state index is 16.7. The van der Waals surface area contributed by atoms with E-state index >= 15 is 8.78 Å². The van der Waals surface area contributed by atoms with Gasteiger partial charge in [0.1, 0.15) is 23.7 Å². The fraction of sp³-hybridized carbons (Fsp3) is 0.449. The van der Waals surface area contributed by atoms with E-state index in [1.807, 2.05) is 43.0 Å². The topological polar surface area (TPSA) is 198 Å². The lowest BCUT2D eigenvalue weighted by Gasteiger charge is -2.36. The van der Waals surface area contributed by atoms with Crippen LogP contribution in [0.5, 0.6) is 0 Å².